The lowest BCUT2D eigenvalue weighted by Crippen LogP contribution is -2.40. The Morgan fingerprint density at radius 3 is 2.72 bits per heavy atom. The Labute approximate surface area is 182 Å². The van der Waals surface area contributed by atoms with Gasteiger partial charge in [0, 0.05) is 18.3 Å². The summed E-state index contributed by atoms with van der Waals surface area (Å²) in [5.74, 6) is 0.694. The number of hydrogen-bond acceptors (Lipinski definition) is 5. The minimum Gasteiger partial charge on any atom is -0.444 e. The molecule has 1 N–H and O–H groups in total. The number of benzene rings is 1. The fourth-order valence-electron chi connectivity index (χ4n) is 4.91. The fraction of sp³-hybridized carbons (Fsp3) is 0.348. The van der Waals surface area contributed by atoms with Crippen LogP contribution in [0.1, 0.15) is 40.7 Å². The zero-order chi connectivity index (χ0) is 22.5. The number of pyridine rings is 1. The highest BCUT2D eigenvalue weighted by molar-refractivity contribution is 6.01. The van der Waals surface area contributed by atoms with Gasteiger partial charge in [-0.1, -0.05) is 12.1 Å². The molecular weight excluding hydrogens is 421 g/mol. The normalized spacial score (nSPS) is 22.4. The van der Waals surface area contributed by atoms with Crippen molar-refractivity contribution in [2.45, 2.75) is 50.5 Å². The number of carbonyl (C=O) groups is 1. The van der Waals surface area contributed by atoms with Gasteiger partial charge in [-0.05, 0) is 49.9 Å². The van der Waals surface area contributed by atoms with Crippen molar-refractivity contribution >= 4 is 11.7 Å². The number of amides is 1. The molecule has 5 rings (SSSR count). The molecule has 2 fully saturated rings. The maximum atomic E-state index is 13.6. The van der Waals surface area contributed by atoms with Crippen LogP contribution in [0, 0.1) is 6.92 Å². The average Bonchev–Trinajstić information content (AvgIpc) is 3.49. The molecule has 9 heteroatoms. The number of halogens is 3. The molecule has 0 unspecified atom stereocenters. The average molecular weight is 442 g/mol. The summed E-state index contributed by atoms with van der Waals surface area (Å²) in [5.41, 5.74) is 1.33. The van der Waals surface area contributed by atoms with Gasteiger partial charge in [0.25, 0.3) is 5.91 Å². The van der Waals surface area contributed by atoms with Crippen molar-refractivity contribution in [1.82, 2.24) is 14.9 Å². The number of alkyl halides is 3. The number of carbonyl (C=O) groups excluding carboxylic acids is 1. The van der Waals surface area contributed by atoms with Crippen LogP contribution in [0.5, 0.6) is 0 Å². The molecule has 2 bridgehead atoms. The quantitative estimate of drug-likeness (QED) is 0.621. The lowest BCUT2D eigenvalue weighted by Gasteiger charge is -2.26. The minimum atomic E-state index is -4.42. The fourth-order valence-corrected chi connectivity index (χ4v) is 4.91. The number of oxazole rings is 1. The van der Waals surface area contributed by atoms with Gasteiger partial charge in [-0.2, -0.15) is 13.2 Å². The highest BCUT2D eigenvalue weighted by Gasteiger charge is 2.49. The highest BCUT2D eigenvalue weighted by Crippen LogP contribution is 2.41. The molecule has 3 aromatic rings. The van der Waals surface area contributed by atoms with Crippen LogP contribution in [0.2, 0.25) is 0 Å². The number of aromatic nitrogens is 2. The van der Waals surface area contributed by atoms with E-state index in [9.17, 15) is 18.0 Å². The molecule has 2 aliphatic heterocycles. The molecule has 2 aromatic heterocycles. The third kappa shape index (κ3) is 3.51. The van der Waals surface area contributed by atoms with Crippen molar-refractivity contribution in [3.63, 3.8) is 0 Å². The summed E-state index contributed by atoms with van der Waals surface area (Å²) in [7, 11) is 0. The van der Waals surface area contributed by atoms with Gasteiger partial charge in [0.1, 0.15) is 12.1 Å². The van der Waals surface area contributed by atoms with Crippen molar-refractivity contribution in [2.75, 3.05) is 5.32 Å². The molecule has 1 amide bonds. The van der Waals surface area contributed by atoms with Gasteiger partial charge < -0.3 is 14.6 Å². The lowest BCUT2D eigenvalue weighted by molar-refractivity contribution is -0.137. The standard InChI is InChI=1S/C23H21F3N4O2/c1-13-3-2-4-16(20(13)21-27-9-10-32-21)22(31)30-15-6-7-18(30)17(11-15)29-19-8-5-14(12-28-19)23(24,25)26/h2-5,8-10,12,15,17-18H,6-7,11H2,1H3,(H,28,29)/t15-,17-,18+/m1/s1. The van der Waals surface area contributed by atoms with Gasteiger partial charge in [0.05, 0.1) is 28.9 Å². The van der Waals surface area contributed by atoms with Crippen LogP contribution in [-0.4, -0.2) is 38.9 Å². The van der Waals surface area contributed by atoms with Gasteiger partial charge in [0.15, 0.2) is 0 Å². The Morgan fingerprint density at radius 1 is 1.19 bits per heavy atom. The molecular formula is C23H21F3N4O2. The van der Waals surface area contributed by atoms with E-state index in [-0.39, 0.29) is 24.0 Å². The molecule has 4 heterocycles. The molecule has 32 heavy (non-hydrogen) atoms. The first-order valence-electron chi connectivity index (χ1n) is 10.4. The van der Waals surface area contributed by atoms with E-state index in [1.165, 1.54) is 12.3 Å². The number of fused-ring (bicyclic) bond motifs is 2. The van der Waals surface area contributed by atoms with Crippen LogP contribution in [0.3, 0.4) is 0 Å². The van der Waals surface area contributed by atoms with Crippen LogP contribution in [0.25, 0.3) is 11.5 Å². The Morgan fingerprint density at radius 2 is 2.03 bits per heavy atom. The topological polar surface area (TPSA) is 71.3 Å². The zero-order valence-electron chi connectivity index (χ0n) is 17.3. The SMILES string of the molecule is Cc1cccc(C(=O)N2[C@@H]3CC[C@H]2[C@H](Nc2ccc(C(F)(F)F)cn2)C3)c1-c1ncco1. The predicted octanol–water partition coefficient (Wildman–Crippen LogP) is 4.92. The molecule has 0 spiro atoms. The first-order valence-corrected chi connectivity index (χ1v) is 10.4. The third-order valence-electron chi connectivity index (χ3n) is 6.34. The van der Waals surface area contributed by atoms with E-state index in [0.717, 1.165) is 37.1 Å². The second-order valence-electron chi connectivity index (χ2n) is 8.26. The largest absolute Gasteiger partial charge is 0.444 e. The van der Waals surface area contributed by atoms with Crippen molar-refractivity contribution < 1.29 is 22.4 Å². The van der Waals surface area contributed by atoms with Gasteiger partial charge in [-0.25, -0.2) is 9.97 Å². The number of nitrogens with zero attached hydrogens (tertiary/aromatic N) is 3. The molecule has 1 aromatic carbocycles. The summed E-state index contributed by atoms with van der Waals surface area (Å²) in [4.78, 5) is 23.7. The summed E-state index contributed by atoms with van der Waals surface area (Å²) in [6, 6.07) is 7.82. The van der Waals surface area contributed by atoms with Crippen molar-refractivity contribution in [2.24, 2.45) is 0 Å². The number of rotatable bonds is 4. The van der Waals surface area contributed by atoms with Crippen molar-refractivity contribution in [1.29, 1.82) is 0 Å². The van der Waals surface area contributed by atoms with E-state index in [1.807, 2.05) is 24.0 Å². The van der Waals surface area contributed by atoms with E-state index in [4.69, 9.17) is 4.42 Å². The highest BCUT2D eigenvalue weighted by atomic mass is 19.4. The summed E-state index contributed by atoms with van der Waals surface area (Å²) in [6.45, 7) is 1.91. The summed E-state index contributed by atoms with van der Waals surface area (Å²) in [6.07, 6.45) is 1.88. The molecule has 0 saturated carbocycles. The second kappa shape index (κ2) is 7.65. The maximum absolute atomic E-state index is 13.6. The maximum Gasteiger partial charge on any atom is 0.417 e. The van der Waals surface area contributed by atoms with Crippen LogP contribution >= 0.6 is 0 Å². The van der Waals surface area contributed by atoms with Crippen molar-refractivity contribution in [3.8, 4) is 11.5 Å². The predicted molar refractivity (Wildman–Crippen MR) is 111 cm³/mol. The van der Waals surface area contributed by atoms with Gasteiger partial charge >= 0.3 is 6.18 Å². The summed E-state index contributed by atoms with van der Waals surface area (Å²) in [5, 5.41) is 3.24. The smallest absolute Gasteiger partial charge is 0.417 e. The first kappa shape index (κ1) is 20.5. The number of anilines is 1. The third-order valence-corrected chi connectivity index (χ3v) is 6.34. The van der Waals surface area contributed by atoms with Crippen LogP contribution in [0.15, 0.2) is 53.4 Å². The van der Waals surface area contributed by atoms with Gasteiger partial charge in [-0.3, -0.25) is 4.79 Å². The van der Waals surface area contributed by atoms with Crippen molar-refractivity contribution in [3.05, 3.63) is 65.7 Å². The second-order valence-corrected chi connectivity index (χ2v) is 8.26. The molecule has 3 atom stereocenters. The monoisotopic (exact) mass is 442 g/mol. The molecule has 166 valence electrons. The van der Waals surface area contributed by atoms with E-state index in [1.54, 1.807) is 12.3 Å². The number of hydrogen-bond donors (Lipinski definition) is 1. The van der Waals surface area contributed by atoms with Crippen LogP contribution in [0.4, 0.5) is 19.0 Å². The Kier molecular flexibility index (Phi) is 4.91. The molecule has 0 aliphatic carbocycles. The Bertz CT molecular complexity index is 1130. The van der Waals surface area contributed by atoms with E-state index < -0.39 is 11.7 Å². The number of aryl methyl sites for hydroxylation is 1. The van der Waals surface area contributed by atoms with Gasteiger partial charge in [0.2, 0.25) is 5.89 Å². The Balaban J connectivity index is 1.38. The van der Waals surface area contributed by atoms with E-state index >= 15 is 0 Å². The zero-order valence-corrected chi connectivity index (χ0v) is 17.3. The van der Waals surface area contributed by atoms with E-state index in [2.05, 4.69) is 15.3 Å². The van der Waals surface area contributed by atoms with Crippen LogP contribution < -0.4 is 5.32 Å². The molecule has 6 nitrogen and oxygen atoms in total. The summed E-state index contributed by atoms with van der Waals surface area (Å²) >= 11 is 0. The Hall–Kier alpha value is -3.36. The molecule has 2 aliphatic rings. The first-order chi connectivity index (χ1) is 15.3. The number of nitrogens with one attached hydrogen (secondary N) is 1. The van der Waals surface area contributed by atoms with E-state index in [0.29, 0.717) is 22.8 Å². The minimum absolute atomic E-state index is 0.0606. The molecule has 0 radical (unpaired) electrons. The van der Waals surface area contributed by atoms with Gasteiger partial charge in [-0.15, -0.1) is 0 Å². The lowest BCUT2D eigenvalue weighted by atomic mass is 9.95. The molecule has 2 saturated heterocycles. The summed E-state index contributed by atoms with van der Waals surface area (Å²) < 4.78 is 43.9. The van der Waals surface area contributed by atoms with Crippen LogP contribution in [-0.2, 0) is 6.18 Å².